The van der Waals surface area contributed by atoms with Gasteiger partial charge in [-0.25, -0.2) is 8.78 Å². The van der Waals surface area contributed by atoms with E-state index in [2.05, 4.69) is 5.32 Å². The summed E-state index contributed by atoms with van der Waals surface area (Å²) in [6.07, 6.45) is 0. The van der Waals surface area contributed by atoms with Crippen LogP contribution in [0, 0.1) is 11.6 Å². The summed E-state index contributed by atoms with van der Waals surface area (Å²) in [5.41, 5.74) is 0.209. The molecule has 1 aromatic carbocycles. The lowest BCUT2D eigenvalue weighted by Gasteiger charge is -2.15. The fourth-order valence-electron chi connectivity index (χ4n) is 1.96. The molecule has 1 N–H and O–H groups in total. The predicted molar refractivity (Wildman–Crippen MR) is 66.7 cm³/mol. The molecule has 1 aromatic heterocycles. The Morgan fingerprint density at radius 2 is 2.05 bits per heavy atom. The standard InChI is InChI=1S/C14H15F2NO2/c1-17-14(10-4-3-5-11(15)13(10)16)12-7-6-9(19-12)8-18-2/h3-7,14,17H,8H2,1-2H3. The van der Waals surface area contributed by atoms with E-state index in [4.69, 9.17) is 9.15 Å². The summed E-state index contributed by atoms with van der Waals surface area (Å²) in [7, 11) is 3.22. The van der Waals surface area contributed by atoms with Crippen molar-refractivity contribution in [3.63, 3.8) is 0 Å². The lowest BCUT2D eigenvalue weighted by Crippen LogP contribution is -2.18. The van der Waals surface area contributed by atoms with E-state index in [0.717, 1.165) is 6.07 Å². The van der Waals surface area contributed by atoms with Crippen LogP contribution in [0.4, 0.5) is 8.78 Å². The summed E-state index contributed by atoms with van der Waals surface area (Å²) in [4.78, 5) is 0. The highest BCUT2D eigenvalue weighted by molar-refractivity contribution is 5.29. The Bertz CT molecular complexity index is 554. The van der Waals surface area contributed by atoms with Crippen LogP contribution in [0.3, 0.4) is 0 Å². The molecule has 0 aliphatic rings. The molecule has 0 aliphatic carbocycles. The van der Waals surface area contributed by atoms with Gasteiger partial charge in [-0.2, -0.15) is 0 Å². The van der Waals surface area contributed by atoms with Crippen LogP contribution in [0.1, 0.15) is 23.1 Å². The minimum absolute atomic E-state index is 0.209. The molecule has 0 fully saturated rings. The number of rotatable bonds is 5. The Morgan fingerprint density at radius 1 is 1.26 bits per heavy atom. The van der Waals surface area contributed by atoms with Gasteiger partial charge in [0.2, 0.25) is 0 Å². The van der Waals surface area contributed by atoms with Crippen molar-refractivity contribution in [2.24, 2.45) is 0 Å². The second-order valence-electron chi connectivity index (χ2n) is 4.10. The van der Waals surface area contributed by atoms with Crippen molar-refractivity contribution in [2.75, 3.05) is 14.2 Å². The number of hydrogen-bond acceptors (Lipinski definition) is 3. The Balaban J connectivity index is 2.35. The highest BCUT2D eigenvalue weighted by Gasteiger charge is 2.21. The van der Waals surface area contributed by atoms with E-state index in [1.54, 1.807) is 26.3 Å². The number of methoxy groups -OCH3 is 1. The summed E-state index contributed by atoms with van der Waals surface area (Å²) in [5.74, 6) is -0.596. The van der Waals surface area contributed by atoms with Crippen LogP contribution in [-0.2, 0) is 11.3 Å². The number of halogens is 2. The molecule has 0 spiro atoms. The van der Waals surface area contributed by atoms with Crippen molar-refractivity contribution in [1.29, 1.82) is 0 Å². The van der Waals surface area contributed by atoms with Gasteiger partial charge in [0, 0.05) is 12.7 Å². The van der Waals surface area contributed by atoms with E-state index < -0.39 is 17.7 Å². The van der Waals surface area contributed by atoms with Crippen LogP contribution < -0.4 is 5.32 Å². The Kier molecular flexibility index (Phi) is 4.29. The smallest absolute Gasteiger partial charge is 0.164 e. The zero-order valence-electron chi connectivity index (χ0n) is 10.7. The topological polar surface area (TPSA) is 34.4 Å². The summed E-state index contributed by atoms with van der Waals surface area (Å²) in [6.45, 7) is 0.335. The monoisotopic (exact) mass is 267 g/mol. The van der Waals surface area contributed by atoms with Crippen molar-refractivity contribution < 1.29 is 17.9 Å². The largest absolute Gasteiger partial charge is 0.462 e. The second-order valence-corrected chi connectivity index (χ2v) is 4.10. The van der Waals surface area contributed by atoms with Gasteiger partial charge in [-0.15, -0.1) is 0 Å². The molecule has 0 amide bonds. The maximum absolute atomic E-state index is 13.8. The van der Waals surface area contributed by atoms with Gasteiger partial charge in [-0.3, -0.25) is 0 Å². The lowest BCUT2D eigenvalue weighted by molar-refractivity contribution is 0.162. The first-order valence-corrected chi connectivity index (χ1v) is 5.86. The Hall–Kier alpha value is -1.72. The number of benzene rings is 1. The zero-order chi connectivity index (χ0) is 13.8. The molecule has 19 heavy (non-hydrogen) atoms. The van der Waals surface area contributed by atoms with Gasteiger partial charge in [0.25, 0.3) is 0 Å². The molecule has 0 aliphatic heterocycles. The molecule has 0 saturated heterocycles. The molecule has 5 heteroatoms. The Morgan fingerprint density at radius 3 is 2.74 bits per heavy atom. The number of hydrogen-bond donors (Lipinski definition) is 1. The van der Waals surface area contributed by atoms with Crippen molar-refractivity contribution in [3.8, 4) is 0 Å². The average molecular weight is 267 g/mol. The minimum atomic E-state index is -0.874. The van der Waals surface area contributed by atoms with Crippen LogP contribution in [0.15, 0.2) is 34.7 Å². The van der Waals surface area contributed by atoms with E-state index in [9.17, 15) is 8.78 Å². The Labute approximate surface area is 110 Å². The third kappa shape index (κ3) is 2.83. The fourth-order valence-corrected chi connectivity index (χ4v) is 1.96. The maximum atomic E-state index is 13.8. The van der Waals surface area contributed by atoms with Gasteiger partial charge < -0.3 is 14.5 Å². The van der Waals surface area contributed by atoms with Crippen LogP contribution in [0.25, 0.3) is 0 Å². The first-order chi connectivity index (χ1) is 9.17. The fraction of sp³-hybridized carbons (Fsp3) is 0.286. The summed E-state index contributed by atoms with van der Waals surface area (Å²) < 4.78 is 37.6. The highest BCUT2D eigenvalue weighted by Crippen LogP contribution is 2.27. The van der Waals surface area contributed by atoms with Gasteiger partial charge in [-0.05, 0) is 25.2 Å². The summed E-state index contributed by atoms with van der Waals surface area (Å²) >= 11 is 0. The predicted octanol–water partition coefficient (Wildman–Crippen LogP) is 3.01. The van der Waals surface area contributed by atoms with Crippen molar-refractivity contribution in [3.05, 3.63) is 59.1 Å². The van der Waals surface area contributed by atoms with Gasteiger partial charge in [0.15, 0.2) is 11.6 Å². The van der Waals surface area contributed by atoms with Crippen LogP contribution in [0.2, 0.25) is 0 Å². The molecule has 3 nitrogen and oxygen atoms in total. The zero-order valence-corrected chi connectivity index (χ0v) is 10.7. The molecule has 0 saturated carbocycles. The first kappa shape index (κ1) is 13.7. The van der Waals surface area contributed by atoms with Gasteiger partial charge in [-0.1, -0.05) is 12.1 Å². The molecule has 1 heterocycles. The van der Waals surface area contributed by atoms with Crippen LogP contribution in [0.5, 0.6) is 0 Å². The third-order valence-corrected chi connectivity index (χ3v) is 2.83. The number of furan rings is 1. The van der Waals surface area contributed by atoms with Gasteiger partial charge in [0.1, 0.15) is 18.1 Å². The SMILES string of the molecule is CNC(c1ccc(COC)o1)c1cccc(F)c1F. The number of nitrogens with one attached hydrogen (secondary N) is 1. The van der Waals surface area contributed by atoms with Crippen LogP contribution in [-0.4, -0.2) is 14.2 Å². The van der Waals surface area contributed by atoms with E-state index in [-0.39, 0.29) is 5.56 Å². The van der Waals surface area contributed by atoms with E-state index in [1.807, 2.05) is 0 Å². The second kappa shape index (κ2) is 5.95. The van der Waals surface area contributed by atoms with Crippen LogP contribution >= 0.6 is 0 Å². The van der Waals surface area contributed by atoms with Gasteiger partial charge >= 0.3 is 0 Å². The van der Waals surface area contributed by atoms with Crippen molar-refractivity contribution in [2.45, 2.75) is 12.6 Å². The number of ether oxygens (including phenoxy) is 1. The summed E-state index contributed by atoms with van der Waals surface area (Å²) in [6, 6.07) is 7.01. The average Bonchev–Trinajstić information content (AvgIpc) is 2.84. The maximum Gasteiger partial charge on any atom is 0.164 e. The molecule has 102 valence electrons. The molecular weight excluding hydrogens is 252 g/mol. The van der Waals surface area contributed by atoms with E-state index in [1.165, 1.54) is 12.1 Å². The van der Waals surface area contributed by atoms with E-state index in [0.29, 0.717) is 18.1 Å². The van der Waals surface area contributed by atoms with Crippen molar-refractivity contribution >= 4 is 0 Å². The van der Waals surface area contributed by atoms with Gasteiger partial charge in [0.05, 0.1) is 6.04 Å². The molecule has 0 bridgehead atoms. The molecular formula is C14H15F2NO2. The molecule has 2 rings (SSSR count). The van der Waals surface area contributed by atoms with E-state index >= 15 is 0 Å². The highest BCUT2D eigenvalue weighted by atomic mass is 19.2. The molecule has 1 unspecified atom stereocenters. The first-order valence-electron chi connectivity index (χ1n) is 5.86. The normalized spacial score (nSPS) is 12.6. The third-order valence-electron chi connectivity index (χ3n) is 2.83. The molecule has 1 atom stereocenters. The van der Waals surface area contributed by atoms with Crippen molar-refractivity contribution in [1.82, 2.24) is 5.32 Å². The summed E-state index contributed by atoms with van der Waals surface area (Å²) in [5, 5.41) is 2.92. The minimum Gasteiger partial charge on any atom is -0.462 e. The quantitative estimate of drug-likeness (QED) is 0.904. The molecule has 0 radical (unpaired) electrons. The lowest BCUT2D eigenvalue weighted by atomic mass is 10.0. The molecule has 2 aromatic rings.